The van der Waals surface area contributed by atoms with E-state index in [2.05, 4.69) is 63.0 Å². The molecule has 1 saturated heterocycles. The van der Waals surface area contributed by atoms with E-state index in [1.807, 2.05) is 0 Å². The van der Waals surface area contributed by atoms with E-state index in [-0.39, 0.29) is 5.54 Å². The molecule has 0 bridgehead atoms. The van der Waals surface area contributed by atoms with Gasteiger partial charge in [0.25, 0.3) is 0 Å². The summed E-state index contributed by atoms with van der Waals surface area (Å²) in [7, 11) is 0. The summed E-state index contributed by atoms with van der Waals surface area (Å²) >= 11 is 0. The zero-order valence-electron chi connectivity index (χ0n) is 13.8. The molecule has 0 radical (unpaired) electrons. The van der Waals surface area contributed by atoms with Gasteiger partial charge in [0, 0.05) is 5.54 Å². The predicted molar refractivity (Wildman–Crippen MR) is 87.2 cm³/mol. The molecule has 2 rings (SSSR count). The van der Waals surface area contributed by atoms with Gasteiger partial charge in [0.2, 0.25) is 0 Å². The van der Waals surface area contributed by atoms with Crippen LogP contribution in [0.5, 0.6) is 0 Å². The first kappa shape index (κ1) is 15.5. The molecule has 0 spiro atoms. The number of likely N-dealkylation sites (tertiary alicyclic amines) is 1. The summed E-state index contributed by atoms with van der Waals surface area (Å²) in [6.07, 6.45) is 2.68. The molecular formula is C18H30N2. The van der Waals surface area contributed by atoms with Crippen LogP contribution in [-0.2, 0) is 0 Å². The number of rotatable bonds is 5. The molecule has 0 aliphatic carbocycles. The molecule has 1 aromatic carbocycles. The SMILES string of the molecule is CCNC(c1ccc(C)c(C)c1)C(C)(C)N1CCCC1. The fourth-order valence-corrected chi connectivity index (χ4v) is 3.40. The van der Waals surface area contributed by atoms with E-state index in [4.69, 9.17) is 0 Å². The highest BCUT2D eigenvalue weighted by molar-refractivity contribution is 5.33. The Hall–Kier alpha value is -0.860. The summed E-state index contributed by atoms with van der Waals surface area (Å²) in [6, 6.07) is 7.31. The topological polar surface area (TPSA) is 15.3 Å². The first-order chi connectivity index (χ1) is 9.46. The van der Waals surface area contributed by atoms with Crippen molar-refractivity contribution in [1.82, 2.24) is 10.2 Å². The normalized spacial score (nSPS) is 18.4. The van der Waals surface area contributed by atoms with Gasteiger partial charge in [0.15, 0.2) is 0 Å². The third kappa shape index (κ3) is 3.07. The van der Waals surface area contributed by atoms with Crippen LogP contribution in [0.1, 0.15) is 56.3 Å². The van der Waals surface area contributed by atoms with Crippen LogP contribution >= 0.6 is 0 Å². The van der Waals surface area contributed by atoms with Crippen molar-refractivity contribution < 1.29 is 0 Å². The standard InChI is InChI=1S/C18H30N2/c1-6-19-17(16-10-9-14(2)15(3)13-16)18(4,5)20-11-7-8-12-20/h9-10,13,17,19H,6-8,11-12H2,1-5H3. The van der Waals surface area contributed by atoms with Crippen molar-refractivity contribution in [3.05, 3.63) is 34.9 Å². The van der Waals surface area contributed by atoms with Gasteiger partial charge < -0.3 is 5.32 Å². The summed E-state index contributed by atoms with van der Waals surface area (Å²) in [4.78, 5) is 2.65. The molecule has 1 atom stereocenters. The Bertz CT molecular complexity index is 445. The predicted octanol–water partition coefficient (Wildman–Crippen LogP) is 3.83. The maximum Gasteiger partial charge on any atom is 0.0501 e. The molecule has 2 nitrogen and oxygen atoms in total. The summed E-state index contributed by atoms with van der Waals surface area (Å²) in [5, 5.41) is 3.72. The molecule has 1 aromatic rings. The number of nitrogens with zero attached hydrogens (tertiary/aromatic N) is 1. The van der Waals surface area contributed by atoms with Gasteiger partial charge in [-0.25, -0.2) is 0 Å². The first-order valence-corrected chi connectivity index (χ1v) is 8.02. The van der Waals surface area contributed by atoms with Crippen LogP contribution in [-0.4, -0.2) is 30.1 Å². The second-order valence-electron chi connectivity index (χ2n) is 6.68. The zero-order chi connectivity index (χ0) is 14.8. The molecule has 1 heterocycles. The van der Waals surface area contributed by atoms with E-state index in [0.29, 0.717) is 6.04 Å². The lowest BCUT2D eigenvalue weighted by Gasteiger charge is -2.43. The van der Waals surface area contributed by atoms with Gasteiger partial charge in [0.1, 0.15) is 0 Å². The van der Waals surface area contributed by atoms with E-state index < -0.39 is 0 Å². The summed E-state index contributed by atoms with van der Waals surface area (Å²) < 4.78 is 0. The van der Waals surface area contributed by atoms with Crippen molar-refractivity contribution in [3.8, 4) is 0 Å². The van der Waals surface area contributed by atoms with E-state index >= 15 is 0 Å². The van der Waals surface area contributed by atoms with E-state index in [9.17, 15) is 0 Å². The average Bonchev–Trinajstić information content (AvgIpc) is 2.94. The van der Waals surface area contributed by atoms with Crippen molar-refractivity contribution >= 4 is 0 Å². The number of hydrogen-bond donors (Lipinski definition) is 1. The highest BCUT2D eigenvalue weighted by Crippen LogP contribution is 2.34. The number of likely N-dealkylation sites (N-methyl/N-ethyl adjacent to an activating group) is 1. The molecule has 1 fully saturated rings. The second kappa shape index (κ2) is 6.28. The lowest BCUT2D eigenvalue weighted by molar-refractivity contribution is 0.107. The van der Waals surface area contributed by atoms with E-state index in [1.54, 1.807) is 0 Å². The lowest BCUT2D eigenvalue weighted by Crippen LogP contribution is -2.51. The molecule has 112 valence electrons. The summed E-state index contributed by atoms with van der Waals surface area (Å²) in [5.74, 6) is 0. The number of aryl methyl sites for hydroxylation is 2. The highest BCUT2D eigenvalue weighted by atomic mass is 15.2. The number of hydrogen-bond acceptors (Lipinski definition) is 2. The maximum absolute atomic E-state index is 3.72. The maximum atomic E-state index is 3.72. The minimum atomic E-state index is 0.161. The van der Waals surface area contributed by atoms with Crippen molar-refractivity contribution in [2.75, 3.05) is 19.6 Å². The van der Waals surface area contributed by atoms with Gasteiger partial charge in [-0.2, -0.15) is 0 Å². The molecule has 1 N–H and O–H groups in total. The Labute approximate surface area is 124 Å². The zero-order valence-corrected chi connectivity index (χ0v) is 13.8. The molecule has 2 heteroatoms. The van der Waals surface area contributed by atoms with Gasteiger partial charge in [0.05, 0.1) is 6.04 Å². The number of benzene rings is 1. The number of nitrogens with one attached hydrogen (secondary N) is 1. The Kier molecular flexibility index (Phi) is 4.87. The van der Waals surface area contributed by atoms with Crippen molar-refractivity contribution in [1.29, 1.82) is 0 Å². The van der Waals surface area contributed by atoms with Gasteiger partial charge in [-0.15, -0.1) is 0 Å². The third-order valence-corrected chi connectivity index (χ3v) is 4.90. The first-order valence-electron chi connectivity index (χ1n) is 8.02. The Morgan fingerprint density at radius 1 is 1.15 bits per heavy atom. The smallest absolute Gasteiger partial charge is 0.0501 e. The fourth-order valence-electron chi connectivity index (χ4n) is 3.40. The monoisotopic (exact) mass is 274 g/mol. The van der Waals surface area contributed by atoms with Crippen molar-refractivity contribution in [3.63, 3.8) is 0 Å². The molecule has 1 aliphatic rings. The van der Waals surface area contributed by atoms with Crippen molar-refractivity contribution in [2.45, 2.75) is 59.0 Å². The van der Waals surface area contributed by atoms with Gasteiger partial charge in [-0.1, -0.05) is 25.1 Å². The van der Waals surface area contributed by atoms with E-state index in [0.717, 1.165) is 6.54 Å². The third-order valence-electron chi connectivity index (χ3n) is 4.90. The highest BCUT2D eigenvalue weighted by Gasteiger charge is 2.37. The quantitative estimate of drug-likeness (QED) is 0.878. The molecule has 0 saturated carbocycles. The lowest BCUT2D eigenvalue weighted by atomic mass is 9.86. The van der Waals surface area contributed by atoms with Gasteiger partial charge in [-0.3, -0.25) is 4.90 Å². The van der Waals surface area contributed by atoms with Crippen LogP contribution in [0.2, 0.25) is 0 Å². The van der Waals surface area contributed by atoms with Crippen molar-refractivity contribution in [2.24, 2.45) is 0 Å². The van der Waals surface area contributed by atoms with Crippen LogP contribution in [0.3, 0.4) is 0 Å². The average molecular weight is 274 g/mol. The molecule has 20 heavy (non-hydrogen) atoms. The fraction of sp³-hybridized carbons (Fsp3) is 0.667. The second-order valence-corrected chi connectivity index (χ2v) is 6.68. The minimum Gasteiger partial charge on any atom is -0.309 e. The Balaban J connectivity index is 2.31. The van der Waals surface area contributed by atoms with Crippen LogP contribution < -0.4 is 5.32 Å². The Morgan fingerprint density at radius 3 is 2.35 bits per heavy atom. The van der Waals surface area contributed by atoms with Crippen LogP contribution in [0.25, 0.3) is 0 Å². The van der Waals surface area contributed by atoms with Crippen LogP contribution in [0.4, 0.5) is 0 Å². The Morgan fingerprint density at radius 2 is 1.80 bits per heavy atom. The largest absolute Gasteiger partial charge is 0.309 e. The van der Waals surface area contributed by atoms with Crippen LogP contribution in [0, 0.1) is 13.8 Å². The molecule has 1 unspecified atom stereocenters. The van der Waals surface area contributed by atoms with Gasteiger partial charge in [-0.05, 0) is 76.9 Å². The summed E-state index contributed by atoms with van der Waals surface area (Å²) in [6.45, 7) is 14.9. The molecular weight excluding hydrogens is 244 g/mol. The van der Waals surface area contributed by atoms with Gasteiger partial charge >= 0.3 is 0 Å². The minimum absolute atomic E-state index is 0.161. The molecule has 0 amide bonds. The van der Waals surface area contributed by atoms with Crippen LogP contribution in [0.15, 0.2) is 18.2 Å². The molecule has 1 aliphatic heterocycles. The van der Waals surface area contributed by atoms with E-state index in [1.165, 1.54) is 42.6 Å². The summed E-state index contributed by atoms with van der Waals surface area (Å²) in [5.41, 5.74) is 4.35. The molecule has 0 aromatic heterocycles.